The molecule has 0 aliphatic carbocycles. The van der Waals surface area contributed by atoms with Crippen LogP contribution in [0.15, 0.2) is 42.5 Å². The summed E-state index contributed by atoms with van der Waals surface area (Å²) in [6, 6.07) is 14.2. The first kappa shape index (κ1) is 18.8. The summed E-state index contributed by atoms with van der Waals surface area (Å²) in [6.07, 6.45) is 5.53. The van der Waals surface area contributed by atoms with E-state index in [1.807, 2.05) is 35.2 Å². The normalized spacial score (nSPS) is 19.7. The van der Waals surface area contributed by atoms with Gasteiger partial charge in [-0.1, -0.05) is 36.4 Å². The van der Waals surface area contributed by atoms with Crippen molar-refractivity contribution in [3.8, 4) is 0 Å². The molecule has 4 rings (SSSR count). The summed E-state index contributed by atoms with van der Waals surface area (Å²) in [5.74, 6) is 1.07. The monoisotopic (exact) mass is 379 g/mol. The summed E-state index contributed by atoms with van der Waals surface area (Å²) in [5, 5.41) is 0. The highest BCUT2D eigenvalue weighted by Crippen LogP contribution is 2.34. The molecular weight excluding hydrogens is 350 g/mol. The van der Waals surface area contributed by atoms with Gasteiger partial charge in [-0.05, 0) is 56.2 Å². The van der Waals surface area contributed by atoms with Crippen molar-refractivity contribution in [2.45, 2.75) is 51.7 Å². The fourth-order valence-corrected chi connectivity index (χ4v) is 4.32. The van der Waals surface area contributed by atoms with Crippen molar-refractivity contribution < 1.29 is 9.53 Å². The molecule has 2 aliphatic heterocycles. The van der Waals surface area contributed by atoms with E-state index in [0.717, 1.165) is 55.1 Å². The molecule has 0 bridgehead atoms. The number of hydrogen-bond acceptors (Lipinski definition) is 4. The molecule has 2 fully saturated rings. The third-order valence-corrected chi connectivity index (χ3v) is 5.84. The van der Waals surface area contributed by atoms with Crippen LogP contribution in [0.25, 0.3) is 0 Å². The lowest BCUT2D eigenvalue weighted by atomic mass is 10.0. The molecule has 1 aromatic carbocycles. The number of anilines is 1. The quantitative estimate of drug-likeness (QED) is 0.761. The van der Waals surface area contributed by atoms with Crippen molar-refractivity contribution in [2.75, 3.05) is 24.5 Å². The molecule has 5 heteroatoms. The Morgan fingerprint density at radius 1 is 1.04 bits per heavy atom. The second-order valence-electron chi connectivity index (χ2n) is 7.78. The van der Waals surface area contributed by atoms with E-state index >= 15 is 0 Å². The van der Waals surface area contributed by atoms with Crippen LogP contribution >= 0.6 is 0 Å². The summed E-state index contributed by atoms with van der Waals surface area (Å²) >= 11 is 0. The maximum Gasteiger partial charge on any atom is 0.410 e. The minimum absolute atomic E-state index is 0.0613. The SMILES string of the molecule is Cc1nc(N2CCCCC2)ccc1[C@H]1CCCN1C(=O)OCc1ccccc1. The van der Waals surface area contributed by atoms with Crippen molar-refractivity contribution >= 4 is 11.9 Å². The van der Waals surface area contributed by atoms with Crippen LogP contribution in [0.5, 0.6) is 0 Å². The number of nitrogens with zero attached hydrogens (tertiary/aromatic N) is 3. The molecule has 5 nitrogen and oxygen atoms in total. The van der Waals surface area contributed by atoms with Crippen LogP contribution in [0.3, 0.4) is 0 Å². The van der Waals surface area contributed by atoms with Crippen molar-refractivity contribution in [3.63, 3.8) is 0 Å². The number of carbonyl (C=O) groups is 1. The Morgan fingerprint density at radius 2 is 1.82 bits per heavy atom. The van der Waals surface area contributed by atoms with Gasteiger partial charge in [-0.2, -0.15) is 0 Å². The van der Waals surface area contributed by atoms with Crippen molar-refractivity contribution in [2.24, 2.45) is 0 Å². The molecule has 1 atom stereocenters. The molecule has 0 radical (unpaired) electrons. The van der Waals surface area contributed by atoms with Gasteiger partial charge in [0.1, 0.15) is 12.4 Å². The van der Waals surface area contributed by atoms with Crippen LogP contribution < -0.4 is 4.90 Å². The number of aryl methyl sites for hydroxylation is 1. The Bertz CT molecular complexity index is 803. The fraction of sp³-hybridized carbons (Fsp3) is 0.478. The van der Waals surface area contributed by atoms with Gasteiger partial charge in [0, 0.05) is 25.3 Å². The van der Waals surface area contributed by atoms with Gasteiger partial charge in [-0.15, -0.1) is 0 Å². The van der Waals surface area contributed by atoms with Crippen molar-refractivity contribution in [3.05, 3.63) is 59.3 Å². The number of ether oxygens (including phenoxy) is 1. The summed E-state index contributed by atoms with van der Waals surface area (Å²) in [4.78, 5) is 21.8. The van der Waals surface area contributed by atoms with Crippen LogP contribution in [0.1, 0.15) is 55.0 Å². The van der Waals surface area contributed by atoms with E-state index in [9.17, 15) is 4.79 Å². The van der Waals surface area contributed by atoms with Gasteiger partial charge in [0.15, 0.2) is 0 Å². The minimum atomic E-state index is -0.231. The number of piperidine rings is 1. The third kappa shape index (κ3) is 4.13. The number of likely N-dealkylation sites (tertiary alicyclic amines) is 1. The predicted octanol–water partition coefficient (Wildman–Crippen LogP) is 4.85. The zero-order valence-corrected chi connectivity index (χ0v) is 16.6. The molecule has 0 unspecified atom stereocenters. The highest BCUT2D eigenvalue weighted by atomic mass is 16.6. The number of hydrogen-bond donors (Lipinski definition) is 0. The van der Waals surface area contributed by atoms with Crippen LogP contribution in [-0.2, 0) is 11.3 Å². The first-order valence-corrected chi connectivity index (χ1v) is 10.4. The largest absolute Gasteiger partial charge is 0.445 e. The molecule has 2 aliphatic rings. The lowest BCUT2D eigenvalue weighted by Gasteiger charge is -2.29. The van der Waals surface area contributed by atoms with Crippen LogP contribution in [0.2, 0.25) is 0 Å². The summed E-state index contributed by atoms with van der Waals surface area (Å²) < 4.78 is 5.58. The van der Waals surface area contributed by atoms with Crippen molar-refractivity contribution in [1.29, 1.82) is 0 Å². The fourth-order valence-electron chi connectivity index (χ4n) is 4.32. The first-order valence-electron chi connectivity index (χ1n) is 10.4. The molecule has 0 N–H and O–H groups in total. The van der Waals surface area contributed by atoms with E-state index in [1.165, 1.54) is 19.3 Å². The Kier molecular flexibility index (Phi) is 5.79. The average Bonchev–Trinajstić information content (AvgIpc) is 3.23. The average molecular weight is 380 g/mol. The number of benzene rings is 1. The Labute approximate surface area is 167 Å². The number of carbonyl (C=O) groups excluding carboxylic acids is 1. The van der Waals surface area contributed by atoms with Gasteiger partial charge >= 0.3 is 6.09 Å². The number of rotatable bonds is 4. The molecule has 148 valence electrons. The van der Waals surface area contributed by atoms with E-state index < -0.39 is 0 Å². The lowest BCUT2D eigenvalue weighted by molar-refractivity contribution is 0.0919. The van der Waals surface area contributed by atoms with Crippen LogP contribution in [0.4, 0.5) is 10.6 Å². The number of aromatic nitrogens is 1. The zero-order chi connectivity index (χ0) is 19.3. The van der Waals surface area contributed by atoms with Crippen molar-refractivity contribution in [1.82, 2.24) is 9.88 Å². The third-order valence-electron chi connectivity index (χ3n) is 5.84. The highest BCUT2D eigenvalue weighted by molar-refractivity contribution is 5.69. The van der Waals surface area contributed by atoms with E-state index in [0.29, 0.717) is 6.61 Å². The second-order valence-corrected chi connectivity index (χ2v) is 7.78. The van der Waals surface area contributed by atoms with Crippen LogP contribution in [0, 0.1) is 6.92 Å². The topological polar surface area (TPSA) is 45.7 Å². The summed E-state index contributed by atoms with van der Waals surface area (Å²) in [6.45, 7) is 5.30. The molecule has 28 heavy (non-hydrogen) atoms. The second kappa shape index (κ2) is 8.63. The van der Waals surface area contributed by atoms with E-state index in [2.05, 4.69) is 24.0 Å². The molecule has 0 saturated carbocycles. The van der Waals surface area contributed by atoms with E-state index in [4.69, 9.17) is 9.72 Å². The molecule has 0 spiro atoms. The molecule has 2 aromatic rings. The molecule has 3 heterocycles. The maximum atomic E-state index is 12.7. The Hall–Kier alpha value is -2.56. The van der Waals surface area contributed by atoms with Gasteiger partial charge in [0.2, 0.25) is 0 Å². The molecule has 1 amide bonds. The Balaban J connectivity index is 1.44. The zero-order valence-electron chi connectivity index (χ0n) is 16.6. The number of pyridine rings is 1. The highest BCUT2D eigenvalue weighted by Gasteiger charge is 2.32. The summed E-state index contributed by atoms with van der Waals surface area (Å²) in [7, 11) is 0. The molecular formula is C23H29N3O2. The van der Waals surface area contributed by atoms with Gasteiger partial charge in [-0.25, -0.2) is 9.78 Å². The van der Waals surface area contributed by atoms with Gasteiger partial charge in [0.25, 0.3) is 0 Å². The standard InChI is InChI=1S/C23H29N3O2/c1-18-20(12-13-22(24-18)25-14-6-3-7-15-25)21-11-8-16-26(21)23(27)28-17-19-9-4-2-5-10-19/h2,4-5,9-10,12-13,21H,3,6-8,11,14-17H2,1H3/t21-/m1/s1. The molecule has 1 aromatic heterocycles. The first-order chi connectivity index (χ1) is 13.7. The van der Waals surface area contributed by atoms with Gasteiger partial charge < -0.3 is 14.5 Å². The van der Waals surface area contributed by atoms with Gasteiger partial charge in [0.05, 0.1) is 6.04 Å². The predicted molar refractivity (Wildman–Crippen MR) is 110 cm³/mol. The van der Waals surface area contributed by atoms with E-state index in [1.54, 1.807) is 0 Å². The summed E-state index contributed by atoms with van der Waals surface area (Å²) in [5.41, 5.74) is 3.18. The van der Waals surface area contributed by atoms with E-state index in [-0.39, 0.29) is 12.1 Å². The maximum absolute atomic E-state index is 12.7. The Morgan fingerprint density at radius 3 is 2.57 bits per heavy atom. The van der Waals surface area contributed by atoms with Crippen LogP contribution in [-0.4, -0.2) is 35.6 Å². The number of amides is 1. The smallest absolute Gasteiger partial charge is 0.410 e. The lowest BCUT2D eigenvalue weighted by Crippen LogP contribution is -2.32. The van der Waals surface area contributed by atoms with Gasteiger partial charge in [-0.3, -0.25) is 0 Å². The minimum Gasteiger partial charge on any atom is -0.445 e. The molecule has 2 saturated heterocycles.